The van der Waals surface area contributed by atoms with Gasteiger partial charge in [0, 0.05) is 18.6 Å². The van der Waals surface area contributed by atoms with Crippen LogP contribution in [0.2, 0.25) is 5.02 Å². The monoisotopic (exact) mass is 412 g/mol. The summed E-state index contributed by atoms with van der Waals surface area (Å²) >= 11 is 6.47. The fraction of sp³-hybridized carbons (Fsp3) is 0.286. The van der Waals surface area contributed by atoms with Gasteiger partial charge in [-0.25, -0.2) is 13.4 Å². The summed E-state index contributed by atoms with van der Waals surface area (Å²) in [4.78, 5) is 16.9. The molecule has 0 saturated heterocycles. The highest BCUT2D eigenvalue weighted by molar-refractivity contribution is 7.91. The zero-order chi connectivity index (χ0) is 19.0. The van der Waals surface area contributed by atoms with E-state index in [4.69, 9.17) is 11.6 Å². The van der Waals surface area contributed by atoms with Crippen molar-refractivity contribution in [1.29, 1.82) is 0 Å². The second kappa shape index (κ2) is 6.93. The van der Waals surface area contributed by atoms with Crippen molar-refractivity contribution in [1.82, 2.24) is 4.98 Å². The first-order valence-electron chi connectivity index (χ1n) is 6.79. The number of thiophene rings is 1. The zero-order valence-electron chi connectivity index (χ0n) is 13.0. The predicted molar refractivity (Wildman–Crippen MR) is 89.0 cm³/mol. The van der Waals surface area contributed by atoms with Crippen molar-refractivity contribution in [2.45, 2.75) is 18.0 Å². The van der Waals surface area contributed by atoms with E-state index < -0.39 is 33.2 Å². The number of sulfone groups is 1. The summed E-state index contributed by atoms with van der Waals surface area (Å²) in [5, 5.41) is 0.911. The maximum absolute atomic E-state index is 12.7. The van der Waals surface area contributed by atoms with E-state index in [9.17, 15) is 26.4 Å². The minimum absolute atomic E-state index is 0.00826. The molecule has 0 atom stereocenters. The Balaban J connectivity index is 2.46. The first-order valence-corrected chi connectivity index (χ1v) is 9.70. The molecule has 0 fully saturated rings. The molecule has 1 amide bonds. The van der Waals surface area contributed by atoms with Gasteiger partial charge in [-0.2, -0.15) is 13.2 Å². The van der Waals surface area contributed by atoms with Crippen LogP contribution in [0.4, 0.5) is 18.2 Å². The molecule has 25 heavy (non-hydrogen) atoms. The SMILES string of the molecule is CCS(=O)(=O)c1cc(Cl)cnc1C(=O)N(C)c1cc(C(F)(F)F)cs1. The fourth-order valence-corrected chi connectivity index (χ4v) is 4.04. The number of nitrogens with zero attached hydrogens (tertiary/aromatic N) is 2. The summed E-state index contributed by atoms with van der Waals surface area (Å²) in [6.07, 6.45) is -3.43. The molecule has 0 aliphatic rings. The van der Waals surface area contributed by atoms with Crippen molar-refractivity contribution in [2.75, 3.05) is 17.7 Å². The van der Waals surface area contributed by atoms with Gasteiger partial charge < -0.3 is 4.90 Å². The first-order chi connectivity index (χ1) is 11.5. The Hall–Kier alpha value is -1.65. The van der Waals surface area contributed by atoms with Crippen molar-refractivity contribution < 1.29 is 26.4 Å². The van der Waals surface area contributed by atoms with E-state index in [2.05, 4.69) is 4.98 Å². The van der Waals surface area contributed by atoms with Gasteiger partial charge in [0.1, 0.15) is 5.69 Å². The largest absolute Gasteiger partial charge is 0.417 e. The minimum Gasteiger partial charge on any atom is -0.301 e. The van der Waals surface area contributed by atoms with E-state index >= 15 is 0 Å². The Morgan fingerprint density at radius 1 is 1.36 bits per heavy atom. The minimum atomic E-state index is -4.53. The second-order valence-electron chi connectivity index (χ2n) is 4.94. The number of aromatic nitrogens is 1. The van der Waals surface area contributed by atoms with Crippen molar-refractivity contribution in [2.24, 2.45) is 0 Å². The molecule has 11 heteroatoms. The number of alkyl halides is 3. The van der Waals surface area contributed by atoms with E-state index in [1.165, 1.54) is 14.0 Å². The van der Waals surface area contributed by atoms with Gasteiger partial charge in [0.05, 0.1) is 26.2 Å². The van der Waals surface area contributed by atoms with Crippen LogP contribution in [0.15, 0.2) is 28.6 Å². The molecule has 0 aliphatic carbocycles. The fourth-order valence-electron chi connectivity index (χ4n) is 1.88. The van der Waals surface area contributed by atoms with Crippen LogP contribution >= 0.6 is 22.9 Å². The molecule has 0 spiro atoms. The molecular formula is C14H12ClF3N2O3S2. The maximum Gasteiger partial charge on any atom is 0.417 e. The zero-order valence-corrected chi connectivity index (χ0v) is 15.4. The lowest BCUT2D eigenvalue weighted by atomic mass is 10.3. The molecule has 0 bridgehead atoms. The van der Waals surface area contributed by atoms with E-state index in [0.717, 1.165) is 28.6 Å². The highest BCUT2D eigenvalue weighted by atomic mass is 35.5. The summed E-state index contributed by atoms with van der Waals surface area (Å²) in [5.74, 6) is -1.13. The van der Waals surface area contributed by atoms with Crippen LogP contribution in [-0.4, -0.2) is 32.1 Å². The summed E-state index contributed by atoms with van der Waals surface area (Å²) in [5.41, 5.74) is -1.28. The average molecular weight is 413 g/mol. The lowest BCUT2D eigenvalue weighted by molar-refractivity contribution is -0.137. The predicted octanol–water partition coefficient (Wildman–Crippen LogP) is 3.89. The number of halogens is 4. The standard InChI is InChI=1S/C14H12ClF3N2O3S2/c1-3-25(22,23)10-5-9(15)6-19-12(10)13(21)20(2)11-4-8(7-24-11)14(16,17)18/h4-7H,3H2,1-2H3. The number of pyridine rings is 1. The molecule has 0 aliphatic heterocycles. The van der Waals surface area contributed by atoms with Gasteiger partial charge in [0.25, 0.3) is 5.91 Å². The number of carbonyl (C=O) groups excluding carboxylic acids is 1. The van der Waals surface area contributed by atoms with Crippen molar-refractivity contribution in [3.8, 4) is 0 Å². The lowest BCUT2D eigenvalue weighted by Crippen LogP contribution is -2.28. The highest BCUT2D eigenvalue weighted by Crippen LogP contribution is 2.36. The number of hydrogen-bond donors (Lipinski definition) is 0. The molecule has 2 heterocycles. The van der Waals surface area contributed by atoms with Crippen LogP contribution < -0.4 is 4.90 Å². The van der Waals surface area contributed by atoms with Crippen LogP contribution in [0.3, 0.4) is 0 Å². The topological polar surface area (TPSA) is 67.3 Å². The van der Waals surface area contributed by atoms with Crippen molar-refractivity contribution in [3.05, 3.63) is 40.0 Å². The first kappa shape index (κ1) is 19.7. The van der Waals surface area contributed by atoms with Gasteiger partial charge in [-0.15, -0.1) is 11.3 Å². The molecule has 0 radical (unpaired) electrons. The van der Waals surface area contributed by atoms with Gasteiger partial charge in [-0.1, -0.05) is 18.5 Å². The third kappa shape index (κ3) is 4.13. The quantitative estimate of drug-likeness (QED) is 0.764. The maximum atomic E-state index is 12.7. The number of anilines is 1. The smallest absolute Gasteiger partial charge is 0.301 e. The Kier molecular flexibility index (Phi) is 5.45. The Morgan fingerprint density at radius 2 is 2.00 bits per heavy atom. The normalized spacial score (nSPS) is 12.2. The molecule has 2 aromatic rings. The third-order valence-electron chi connectivity index (χ3n) is 3.29. The van der Waals surface area contributed by atoms with E-state index in [1.54, 1.807) is 0 Å². The summed E-state index contributed by atoms with van der Waals surface area (Å²) < 4.78 is 62.4. The highest BCUT2D eigenvalue weighted by Gasteiger charge is 2.33. The molecular weight excluding hydrogens is 401 g/mol. The number of rotatable bonds is 4. The average Bonchev–Trinajstić information content (AvgIpc) is 3.03. The van der Waals surface area contributed by atoms with E-state index in [1.807, 2.05) is 0 Å². The molecule has 0 saturated carbocycles. The van der Waals surface area contributed by atoms with Gasteiger partial charge >= 0.3 is 6.18 Å². The molecule has 136 valence electrons. The molecule has 2 rings (SSSR count). The van der Waals surface area contributed by atoms with Crippen LogP contribution in [-0.2, 0) is 16.0 Å². The van der Waals surface area contributed by atoms with Crippen molar-refractivity contribution >= 4 is 43.7 Å². The number of amides is 1. The molecule has 0 N–H and O–H groups in total. The van der Waals surface area contributed by atoms with Crippen LogP contribution in [0.5, 0.6) is 0 Å². The summed E-state index contributed by atoms with van der Waals surface area (Å²) in [6.45, 7) is 1.39. The lowest BCUT2D eigenvalue weighted by Gasteiger charge is -2.16. The number of carbonyl (C=O) groups is 1. The Labute approximate surface area is 151 Å². The van der Waals surface area contributed by atoms with Crippen LogP contribution in [0.1, 0.15) is 23.0 Å². The molecule has 0 unspecified atom stereocenters. The second-order valence-corrected chi connectivity index (χ2v) is 8.51. The molecule has 5 nitrogen and oxygen atoms in total. The van der Waals surface area contributed by atoms with Gasteiger partial charge in [0.2, 0.25) is 0 Å². The van der Waals surface area contributed by atoms with Gasteiger partial charge in [-0.3, -0.25) is 4.79 Å². The Bertz CT molecular complexity index is 910. The Morgan fingerprint density at radius 3 is 2.52 bits per heavy atom. The summed E-state index contributed by atoms with van der Waals surface area (Å²) in [7, 11) is -2.56. The van der Waals surface area contributed by atoms with Crippen LogP contribution in [0, 0.1) is 0 Å². The van der Waals surface area contributed by atoms with Gasteiger partial charge in [0.15, 0.2) is 9.84 Å². The van der Waals surface area contributed by atoms with E-state index in [-0.39, 0.29) is 20.7 Å². The third-order valence-corrected chi connectivity index (χ3v) is 6.24. The summed E-state index contributed by atoms with van der Waals surface area (Å²) in [6, 6.07) is 1.91. The molecule has 0 aromatic carbocycles. The molecule has 2 aromatic heterocycles. The van der Waals surface area contributed by atoms with Crippen LogP contribution in [0.25, 0.3) is 0 Å². The van der Waals surface area contributed by atoms with Gasteiger partial charge in [-0.05, 0) is 12.1 Å². The van der Waals surface area contributed by atoms with E-state index in [0.29, 0.717) is 11.3 Å². The van der Waals surface area contributed by atoms with Crippen molar-refractivity contribution in [3.63, 3.8) is 0 Å². The number of hydrogen-bond acceptors (Lipinski definition) is 5.